The highest BCUT2D eigenvalue weighted by molar-refractivity contribution is 9.10. The van der Waals surface area contributed by atoms with Crippen molar-refractivity contribution in [2.75, 3.05) is 11.0 Å². The highest BCUT2D eigenvalue weighted by Crippen LogP contribution is 2.24. The average Bonchev–Trinajstić information content (AvgIpc) is 2.42. The Balaban J connectivity index is 2.27. The monoisotopic (exact) mass is 392 g/mol. The minimum atomic E-state index is -3.68. The van der Waals surface area contributed by atoms with Gasteiger partial charge in [-0.15, -0.1) is 11.8 Å². The molecule has 0 aliphatic carbocycles. The molecule has 20 heavy (non-hydrogen) atoms. The smallest absolute Gasteiger partial charge is 0.263 e. The van der Waals surface area contributed by atoms with Crippen molar-refractivity contribution in [3.8, 4) is 0 Å². The van der Waals surface area contributed by atoms with Crippen molar-refractivity contribution in [1.82, 2.24) is 4.98 Å². The quantitative estimate of drug-likeness (QED) is 0.629. The van der Waals surface area contributed by atoms with E-state index >= 15 is 0 Å². The molecule has 8 heteroatoms. The third-order valence-electron chi connectivity index (χ3n) is 2.42. The minimum Gasteiger partial charge on any atom is -0.280 e. The lowest BCUT2D eigenvalue weighted by molar-refractivity contribution is 0.600. The second kappa shape index (κ2) is 6.34. The van der Waals surface area contributed by atoms with Gasteiger partial charge in [-0.05, 0) is 52.5 Å². The maximum Gasteiger partial charge on any atom is 0.263 e. The zero-order valence-corrected chi connectivity index (χ0v) is 14.3. The lowest BCUT2D eigenvalue weighted by Crippen LogP contribution is -2.13. The van der Waals surface area contributed by atoms with Gasteiger partial charge in [0.1, 0.15) is 10.0 Å². The summed E-state index contributed by atoms with van der Waals surface area (Å²) in [7, 11) is -3.68. The zero-order valence-electron chi connectivity index (χ0n) is 10.3. The summed E-state index contributed by atoms with van der Waals surface area (Å²) in [5.41, 5.74) is 0.494. The molecule has 0 spiro atoms. The molecule has 0 saturated carbocycles. The summed E-state index contributed by atoms with van der Waals surface area (Å²) in [5, 5.41) is 0.216. The van der Waals surface area contributed by atoms with Crippen LogP contribution < -0.4 is 4.72 Å². The van der Waals surface area contributed by atoms with E-state index in [9.17, 15) is 8.42 Å². The fraction of sp³-hybridized carbons (Fsp3) is 0.0833. The van der Waals surface area contributed by atoms with Crippen LogP contribution in [0.25, 0.3) is 0 Å². The lowest BCUT2D eigenvalue weighted by Gasteiger charge is -2.09. The summed E-state index contributed by atoms with van der Waals surface area (Å²) in [5.74, 6) is 0. The predicted octanol–water partition coefficient (Wildman–Crippen LogP) is 4.02. The van der Waals surface area contributed by atoms with Gasteiger partial charge < -0.3 is 0 Å². The number of nitrogens with zero attached hydrogens (tertiary/aromatic N) is 1. The zero-order chi connectivity index (χ0) is 14.8. The first-order chi connectivity index (χ1) is 9.42. The Morgan fingerprint density at radius 1 is 1.30 bits per heavy atom. The number of thioether (sulfide) groups is 1. The first kappa shape index (κ1) is 15.6. The summed E-state index contributed by atoms with van der Waals surface area (Å²) in [6.07, 6.45) is 3.17. The van der Waals surface area contributed by atoms with Crippen LogP contribution in [-0.2, 0) is 10.0 Å². The van der Waals surface area contributed by atoms with Crippen molar-refractivity contribution in [3.63, 3.8) is 0 Å². The molecule has 1 heterocycles. The number of aromatic nitrogens is 1. The number of nitrogens with one attached hydrogen (secondary N) is 1. The van der Waals surface area contributed by atoms with Crippen molar-refractivity contribution in [1.29, 1.82) is 0 Å². The van der Waals surface area contributed by atoms with Crippen LogP contribution >= 0.6 is 39.3 Å². The first-order valence-corrected chi connectivity index (χ1v) is 9.28. The number of halogens is 2. The Hall–Kier alpha value is -0.760. The van der Waals surface area contributed by atoms with Crippen LogP contribution in [0.5, 0.6) is 0 Å². The first-order valence-electron chi connectivity index (χ1n) is 5.40. The maximum atomic E-state index is 12.2. The highest BCUT2D eigenvalue weighted by Gasteiger charge is 2.16. The molecule has 0 amide bonds. The van der Waals surface area contributed by atoms with Gasteiger partial charge in [0, 0.05) is 16.8 Å². The van der Waals surface area contributed by atoms with E-state index in [-0.39, 0.29) is 10.0 Å². The van der Waals surface area contributed by atoms with Crippen LogP contribution in [-0.4, -0.2) is 19.7 Å². The second-order valence-electron chi connectivity index (χ2n) is 3.78. The molecule has 0 saturated heterocycles. The number of hydrogen-bond acceptors (Lipinski definition) is 4. The van der Waals surface area contributed by atoms with Crippen LogP contribution in [0.3, 0.4) is 0 Å². The summed E-state index contributed by atoms with van der Waals surface area (Å²) in [6.45, 7) is 0. The van der Waals surface area contributed by atoms with Crippen LogP contribution in [0.15, 0.2) is 50.8 Å². The molecular formula is C12H10BrClN2O2S2. The Kier molecular flexibility index (Phi) is 4.95. The Labute approximate surface area is 135 Å². The van der Waals surface area contributed by atoms with Crippen molar-refractivity contribution < 1.29 is 8.42 Å². The van der Waals surface area contributed by atoms with Gasteiger partial charge in [-0.25, -0.2) is 13.4 Å². The predicted molar refractivity (Wildman–Crippen MR) is 86.0 cm³/mol. The van der Waals surface area contributed by atoms with Gasteiger partial charge in [0.2, 0.25) is 0 Å². The Morgan fingerprint density at radius 2 is 1.95 bits per heavy atom. The number of benzene rings is 1. The number of anilines is 1. The molecule has 106 valence electrons. The van der Waals surface area contributed by atoms with E-state index in [4.69, 9.17) is 11.6 Å². The molecule has 2 aromatic rings. The summed E-state index contributed by atoms with van der Waals surface area (Å²) in [4.78, 5) is 4.91. The average molecular weight is 394 g/mol. The molecule has 0 bridgehead atoms. The van der Waals surface area contributed by atoms with Gasteiger partial charge in [0.25, 0.3) is 10.0 Å². The molecule has 4 nitrogen and oxygen atoms in total. The van der Waals surface area contributed by atoms with Crippen molar-refractivity contribution >= 4 is 55.0 Å². The second-order valence-corrected chi connectivity index (χ2v) is 7.55. The van der Waals surface area contributed by atoms with Crippen LogP contribution in [0.4, 0.5) is 5.69 Å². The SMILES string of the molecule is CSc1ccc(NS(=O)(=O)c2cnc(Cl)c(Br)c2)cc1. The van der Waals surface area contributed by atoms with Crippen LogP contribution in [0.2, 0.25) is 5.15 Å². The summed E-state index contributed by atoms with van der Waals surface area (Å²) in [6, 6.07) is 8.52. The topological polar surface area (TPSA) is 59.1 Å². The van der Waals surface area contributed by atoms with E-state index in [0.29, 0.717) is 10.2 Å². The van der Waals surface area contributed by atoms with E-state index in [2.05, 4.69) is 25.6 Å². The molecule has 1 N–H and O–H groups in total. The van der Waals surface area contributed by atoms with E-state index in [0.717, 1.165) is 4.90 Å². The molecule has 2 rings (SSSR count). The fourth-order valence-electron chi connectivity index (χ4n) is 1.42. The van der Waals surface area contributed by atoms with Gasteiger partial charge in [-0.1, -0.05) is 11.6 Å². The van der Waals surface area contributed by atoms with Crippen LogP contribution in [0.1, 0.15) is 0 Å². The largest absolute Gasteiger partial charge is 0.280 e. The van der Waals surface area contributed by atoms with Gasteiger partial charge in [0.15, 0.2) is 0 Å². The molecule has 0 radical (unpaired) electrons. The normalized spacial score (nSPS) is 11.3. The standard InChI is InChI=1S/C12H10BrClN2O2S2/c1-19-9-4-2-8(3-5-9)16-20(17,18)10-6-11(13)12(14)15-7-10/h2-7,16H,1H3. The van der Waals surface area contributed by atoms with E-state index in [1.807, 2.05) is 18.4 Å². The lowest BCUT2D eigenvalue weighted by atomic mass is 10.3. The van der Waals surface area contributed by atoms with Crippen molar-refractivity contribution in [2.24, 2.45) is 0 Å². The Morgan fingerprint density at radius 3 is 2.50 bits per heavy atom. The van der Waals surface area contributed by atoms with E-state index in [1.165, 1.54) is 12.3 Å². The van der Waals surface area contributed by atoms with Gasteiger partial charge in [-0.2, -0.15) is 0 Å². The van der Waals surface area contributed by atoms with E-state index < -0.39 is 10.0 Å². The fourth-order valence-corrected chi connectivity index (χ4v) is 3.46. The maximum absolute atomic E-state index is 12.2. The molecule has 1 aromatic heterocycles. The molecular weight excluding hydrogens is 384 g/mol. The van der Waals surface area contributed by atoms with E-state index in [1.54, 1.807) is 23.9 Å². The Bertz CT molecular complexity index is 721. The third-order valence-corrected chi connectivity index (χ3v) is 5.65. The molecule has 0 unspecified atom stereocenters. The summed E-state index contributed by atoms with van der Waals surface area (Å²) >= 11 is 10.5. The van der Waals surface area contributed by atoms with Crippen molar-refractivity contribution in [2.45, 2.75) is 9.79 Å². The number of pyridine rings is 1. The number of sulfonamides is 1. The van der Waals surface area contributed by atoms with Gasteiger partial charge in [-0.3, -0.25) is 4.72 Å². The molecule has 1 aromatic carbocycles. The molecule has 0 aliphatic heterocycles. The summed E-state index contributed by atoms with van der Waals surface area (Å²) < 4.78 is 27.3. The number of rotatable bonds is 4. The third kappa shape index (κ3) is 3.66. The molecule has 0 fully saturated rings. The van der Waals surface area contributed by atoms with Crippen LogP contribution in [0, 0.1) is 0 Å². The van der Waals surface area contributed by atoms with Gasteiger partial charge >= 0.3 is 0 Å². The molecule has 0 atom stereocenters. The molecule has 0 aliphatic rings. The number of hydrogen-bond donors (Lipinski definition) is 1. The minimum absolute atomic E-state index is 0.0442. The highest BCUT2D eigenvalue weighted by atomic mass is 79.9. The van der Waals surface area contributed by atoms with Gasteiger partial charge in [0.05, 0.1) is 4.47 Å². The van der Waals surface area contributed by atoms with Crippen molar-refractivity contribution in [3.05, 3.63) is 46.2 Å².